The first-order valence-electron chi connectivity index (χ1n) is 20.4. The molecule has 0 radical (unpaired) electrons. The standard InChI is InChI=1S/C26H26BrF3N4O3.C19H21BrF2N4O2/c1-25(2,3)37-24(35)34(14-26(12-15(28)13-26)23-18(29)6-5-9-31-23)22-8-7-20(32-33-22)16-10-17(27)21(36-4)11-19(16)30;1-18(2,3)28-17(27)26(15-7-6-14(20)24-25-15)11-19(9-12(21)10-19)16-13(22)5-4-8-23-16/h5-11,15H,12-14H2,1-4H3;4-8,12H,9-11H2,1-3H3/t15-,26+;12-,19+. The molecule has 4 heterocycles. The van der Waals surface area contributed by atoms with Gasteiger partial charge >= 0.3 is 12.2 Å². The minimum atomic E-state index is -1.16. The van der Waals surface area contributed by atoms with Crippen molar-refractivity contribution in [3.05, 3.63) is 111 Å². The first-order valence-corrected chi connectivity index (χ1v) is 22.0. The van der Waals surface area contributed by atoms with Crippen molar-refractivity contribution < 1.29 is 45.8 Å². The number of methoxy groups -OCH3 is 1. The Balaban J connectivity index is 0.000000224. The number of benzene rings is 1. The Bertz CT molecular complexity index is 2480. The molecule has 0 atom stereocenters. The molecule has 2 aliphatic carbocycles. The van der Waals surface area contributed by atoms with Gasteiger partial charge in [0.1, 0.15) is 51.3 Å². The van der Waals surface area contributed by atoms with Crippen LogP contribution in [0.4, 0.5) is 43.2 Å². The Kier molecular flexibility index (Phi) is 14.8. The van der Waals surface area contributed by atoms with E-state index in [9.17, 15) is 31.5 Å². The summed E-state index contributed by atoms with van der Waals surface area (Å²) in [5.41, 5.74) is -3.02. The second-order valence-electron chi connectivity index (χ2n) is 17.8. The van der Waals surface area contributed by atoms with E-state index in [0.717, 1.165) is 0 Å². The molecule has 0 bridgehead atoms. The molecule has 13 nitrogen and oxygen atoms in total. The number of pyridine rings is 2. The van der Waals surface area contributed by atoms with Crippen molar-refractivity contribution in [2.45, 2.75) is 102 Å². The van der Waals surface area contributed by atoms with Gasteiger partial charge in [-0.05, 0) is 154 Å². The van der Waals surface area contributed by atoms with Crippen molar-refractivity contribution in [3.63, 3.8) is 0 Å². The minimum absolute atomic E-state index is 0.0170. The number of ether oxygens (including phenoxy) is 3. The number of rotatable bonds is 10. The van der Waals surface area contributed by atoms with Gasteiger partial charge in [0.25, 0.3) is 0 Å². The van der Waals surface area contributed by atoms with Crippen LogP contribution in [-0.2, 0) is 20.3 Å². The predicted molar refractivity (Wildman–Crippen MR) is 239 cm³/mol. The lowest BCUT2D eigenvalue weighted by atomic mass is 9.64. The summed E-state index contributed by atoms with van der Waals surface area (Å²) in [5, 5.41) is 16.2. The molecule has 20 heteroatoms. The average Bonchev–Trinajstić information content (AvgIpc) is 3.21. The average molecular weight is 1030 g/mol. The van der Waals surface area contributed by atoms with Crippen molar-refractivity contribution in [1.82, 2.24) is 30.4 Å². The monoisotopic (exact) mass is 1030 g/mol. The van der Waals surface area contributed by atoms with E-state index < -0.39 is 64.0 Å². The van der Waals surface area contributed by atoms with Gasteiger partial charge in [-0.1, -0.05) is 0 Å². The third-order valence-corrected chi connectivity index (χ3v) is 11.5. The third-order valence-electron chi connectivity index (χ3n) is 10.5. The smallest absolute Gasteiger partial charge is 0.416 e. The summed E-state index contributed by atoms with van der Waals surface area (Å²) >= 11 is 6.53. The lowest BCUT2D eigenvalue weighted by Gasteiger charge is -2.46. The molecule has 0 aliphatic heterocycles. The Morgan fingerprint density at radius 3 is 1.51 bits per heavy atom. The van der Waals surface area contributed by atoms with Gasteiger partial charge in [0, 0.05) is 47.9 Å². The highest BCUT2D eigenvalue weighted by atomic mass is 79.9. The van der Waals surface area contributed by atoms with E-state index in [0.29, 0.717) is 14.8 Å². The molecule has 0 unspecified atom stereocenters. The number of hydrogen-bond acceptors (Lipinski definition) is 11. The molecule has 4 aromatic heterocycles. The molecule has 7 rings (SSSR count). The number of aromatic nitrogens is 6. The van der Waals surface area contributed by atoms with Gasteiger partial charge in [0.05, 0.1) is 28.7 Å². The van der Waals surface area contributed by atoms with E-state index in [2.05, 4.69) is 62.2 Å². The van der Waals surface area contributed by atoms with Crippen molar-refractivity contribution in [1.29, 1.82) is 0 Å². The van der Waals surface area contributed by atoms with E-state index in [4.69, 9.17) is 14.2 Å². The highest BCUT2D eigenvalue weighted by Crippen LogP contribution is 2.48. The topological polar surface area (TPSA) is 146 Å². The molecular formula is C45H47Br2F5N8O5. The van der Waals surface area contributed by atoms with Crippen molar-refractivity contribution >= 4 is 55.7 Å². The van der Waals surface area contributed by atoms with Crippen LogP contribution in [0.15, 0.2) is 82.1 Å². The van der Waals surface area contributed by atoms with E-state index >= 15 is 0 Å². The fourth-order valence-electron chi connectivity index (χ4n) is 7.59. The maximum atomic E-state index is 14.7. The van der Waals surface area contributed by atoms with E-state index in [-0.39, 0.29) is 73.1 Å². The van der Waals surface area contributed by atoms with Crippen LogP contribution >= 0.6 is 31.9 Å². The van der Waals surface area contributed by atoms with Gasteiger partial charge in [0.2, 0.25) is 0 Å². The lowest BCUT2D eigenvalue weighted by Crippen LogP contribution is -2.54. The third kappa shape index (κ3) is 11.7. The number of hydrogen-bond donors (Lipinski definition) is 0. The first-order chi connectivity index (χ1) is 30.5. The van der Waals surface area contributed by atoms with Crippen LogP contribution in [-0.4, -0.2) is 86.3 Å². The SMILES string of the molecule is CC(C)(C)OC(=O)N(C[C@]1(c2ncccc2F)C[C@@H](F)C1)c1ccc(Br)nn1.COc1cc(F)c(-c2ccc(N(C[C@]3(c4ncccc4F)C[C@@H](F)C3)C(=O)OC(C)(C)C)nn2)cc1Br. The normalized spacial score (nSPS) is 20.3. The highest BCUT2D eigenvalue weighted by Gasteiger charge is 2.52. The summed E-state index contributed by atoms with van der Waals surface area (Å²) in [7, 11) is 1.43. The van der Waals surface area contributed by atoms with Crippen LogP contribution in [0, 0.1) is 17.5 Å². The predicted octanol–water partition coefficient (Wildman–Crippen LogP) is 11.0. The van der Waals surface area contributed by atoms with Gasteiger partial charge < -0.3 is 14.2 Å². The molecule has 0 spiro atoms. The number of alkyl halides is 2. The largest absolute Gasteiger partial charge is 0.495 e. The van der Waals surface area contributed by atoms with E-state index in [1.54, 1.807) is 53.7 Å². The molecule has 65 heavy (non-hydrogen) atoms. The van der Waals surface area contributed by atoms with Crippen molar-refractivity contribution in [2.24, 2.45) is 0 Å². The Labute approximate surface area is 389 Å². The maximum Gasteiger partial charge on any atom is 0.416 e. The summed E-state index contributed by atoms with van der Waals surface area (Å²) in [4.78, 5) is 36.9. The van der Waals surface area contributed by atoms with Crippen LogP contribution in [0.3, 0.4) is 0 Å². The summed E-state index contributed by atoms with van der Waals surface area (Å²) in [6.07, 6.45) is -0.692. The van der Waals surface area contributed by atoms with Crippen LogP contribution in [0.2, 0.25) is 0 Å². The first kappa shape index (κ1) is 49.1. The molecule has 2 amide bonds. The minimum Gasteiger partial charge on any atom is -0.495 e. The van der Waals surface area contributed by atoms with Crippen LogP contribution in [0.5, 0.6) is 5.75 Å². The number of anilines is 2. The Hall–Kier alpha value is -5.37. The van der Waals surface area contributed by atoms with Gasteiger partial charge in [-0.3, -0.25) is 19.8 Å². The van der Waals surface area contributed by atoms with Crippen LogP contribution < -0.4 is 14.5 Å². The number of halogens is 7. The Morgan fingerprint density at radius 2 is 1.14 bits per heavy atom. The molecule has 2 aliphatic rings. The van der Waals surface area contributed by atoms with Crippen molar-refractivity contribution in [3.8, 4) is 17.0 Å². The van der Waals surface area contributed by atoms with Crippen molar-refractivity contribution in [2.75, 3.05) is 30.0 Å². The summed E-state index contributed by atoms with van der Waals surface area (Å²) in [5.74, 6) is -1.04. The lowest BCUT2D eigenvalue weighted by molar-refractivity contribution is 0.0501. The van der Waals surface area contributed by atoms with Gasteiger partial charge in [0.15, 0.2) is 11.6 Å². The summed E-state index contributed by atoms with van der Waals surface area (Å²) in [6.45, 7) is 10.2. The van der Waals surface area contributed by atoms with E-state index in [1.807, 2.05) is 0 Å². The molecule has 0 saturated heterocycles. The summed E-state index contributed by atoms with van der Waals surface area (Å²) in [6, 6.07) is 14.4. The maximum absolute atomic E-state index is 14.7. The number of nitrogens with zero attached hydrogens (tertiary/aromatic N) is 8. The second-order valence-corrected chi connectivity index (χ2v) is 19.5. The second kappa shape index (κ2) is 19.6. The zero-order chi connectivity index (χ0) is 47.5. The zero-order valence-corrected chi connectivity index (χ0v) is 39.8. The van der Waals surface area contributed by atoms with Crippen LogP contribution in [0.25, 0.3) is 11.3 Å². The Morgan fingerprint density at radius 1 is 0.677 bits per heavy atom. The highest BCUT2D eigenvalue weighted by molar-refractivity contribution is 9.10. The van der Waals surface area contributed by atoms with Gasteiger partial charge in [-0.25, -0.2) is 31.5 Å². The molecular weight excluding hydrogens is 987 g/mol. The number of carbonyl (C=O) groups is 2. The van der Waals surface area contributed by atoms with Gasteiger partial charge in [-0.2, -0.15) is 0 Å². The number of amides is 2. The number of carbonyl (C=O) groups excluding carboxylic acids is 2. The molecule has 346 valence electrons. The quantitative estimate of drug-likeness (QED) is 0.123. The molecule has 5 aromatic rings. The molecule has 1 aromatic carbocycles. The van der Waals surface area contributed by atoms with E-state index in [1.165, 1.54) is 77.8 Å². The molecule has 0 N–H and O–H groups in total. The fourth-order valence-corrected chi connectivity index (χ4v) is 8.30. The molecule has 2 fully saturated rings. The van der Waals surface area contributed by atoms with Gasteiger partial charge in [-0.15, -0.1) is 20.4 Å². The zero-order valence-electron chi connectivity index (χ0n) is 36.6. The summed E-state index contributed by atoms with van der Waals surface area (Å²) < 4.78 is 89.1. The molecule has 2 saturated carbocycles. The van der Waals surface area contributed by atoms with Crippen LogP contribution in [0.1, 0.15) is 78.6 Å². The fraction of sp³-hybridized carbons (Fsp3) is 0.422.